The Balaban J connectivity index is 2.29. The van der Waals surface area contributed by atoms with E-state index in [1.807, 2.05) is 0 Å². The minimum Gasteiger partial charge on any atom is -0.0614 e. The highest BCUT2D eigenvalue weighted by Crippen LogP contribution is 2.29. The number of fused-ring (bicyclic) bond motifs is 1. The number of rotatable bonds is 1. The monoisotopic (exact) mass is 232 g/mol. The summed E-state index contributed by atoms with van der Waals surface area (Å²) in [4.78, 5) is 0. The standard InChI is InChI=1S/C18H16/c1-13-5-3-6-15(11-13)17-8-4-7-16-12-14(2)9-10-18(16)17/h3-12H,1-2H3. The van der Waals surface area contributed by atoms with Crippen LogP contribution in [0, 0.1) is 13.8 Å². The molecule has 18 heavy (non-hydrogen) atoms. The van der Waals surface area contributed by atoms with E-state index in [9.17, 15) is 0 Å². The second kappa shape index (κ2) is 4.30. The Kier molecular flexibility index (Phi) is 2.64. The van der Waals surface area contributed by atoms with Crippen LogP contribution in [0.1, 0.15) is 11.1 Å². The zero-order valence-electron chi connectivity index (χ0n) is 10.8. The van der Waals surface area contributed by atoms with Crippen LogP contribution in [0.3, 0.4) is 0 Å². The predicted octanol–water partition coefficient (Wildman–Crippen LogP) is 5.12. The van der Waals surface area contributed by atoms with Crippen molar-refractivity contribution in [1.29, 1.82) is 0 Å². The number of benzene rings is 3. The average Bonchev–Trinajstić information content (AvgIpc) is 2.37. The summed E-state index contributed by atoms with van der Waals surface area (Å²) < 4.78 is 0. The van der Waals surface area contributed by atoms with Gasteiger partial charge in [0.25, 0.3) is 0 Å². The second-order valence-corrected chi connectivity index (χ2v) is 4.90. The van der Waals surface area contributed by atoms with Crippen molar-refractivity contribution in [3.63, 3.8) is 0 Å². The Morgan fingerprint density at radius 2 is 1.44 bits per heavy atom. The van der Waals surface area contributed by atoms with Crippen LogP contribution in [0.5, 0.6) is 0 Å². The minimum atomic E-state index is 1.30. The maximum atomic E-state index is 2.24. The van der Waals surface area contributed by atoms with Gasteiger partial charge in [0.05, 0.1) is 0 Å². The molecule has 0 bridgehead atoms. The Morgan fingerprint density at radius 3 is 2.28 bits per heavy atom. The summed E-state index contributed by atoms with van der Waals surface area (Å²) in [6.07, 6.45) is 0. The summed E-state index contributed by atoms with van der Waals surface area (Å²) in [6.45, 7) is 4.28. The lowest BCUT2D eigenvalue weighted by atomic mass is 9.96. The summed E-state index contributed by atoms with van der Waals surface area (Å²) in [7, 11) is 0. The van der Waals surface area contributed by atoms with Gasteiger partial charge in [0, 0.05) is 0 Å². The van der Waals surface area contributed by atoms with Crippen LogP contribution in [0.4, 0.5) is 0 Å². The van der Waals surface area contributed by atoms with Gasteiger partial charge in [0.1, 0.15) is 0 Å². The van der Waals surface area contributed by atoms with E-state index in [1.165, 1.54) is 33.0 Å². The lowest BCUT2D eigenvalue weighted by Gasteiger charge is -2.08. The quantitative estimate of drug-likeness (QED) is 0.546. The minimum absolute atomic E-state index is 1.30. The van der Waals surface area contributed by atoms with Gasteiger partial charge in [0.2, 0.25) is 0 Å². The molecule has 3 rings (SSSR count). The molecule has 0 radical (unpaired) electrons. The molecule has 0 aliphatic heterocycles. The Bertz CT molecular complexity index is 708. The van der Waals surface area contributed by atoms with Crippen molar-refractivity contribution in [3.05, 3.63) is 71.8 Å². The third-order valence-corrected chi connectivity index (χ3v) is 3.36. The van der Waals surface area contributed by atoms with Crippen molar-refractivity contribution in [3.8, 4) is 11.1 Å². The van der Waals surface area contributed by atoms with Crippen LogP contribution in [0.25, 0.3) is 21.9 Å². The molecule has 88 valence electrons. The zero-order valence-corrected chi connectivity index (χ0v) is 10.8. The molecule has 0 atom stereocenters. The van der Waals surface area contributed by atoms with Gasteiger partial charge < -0.3 is 0 Å². The molecule has 0 aliphatic carbocycles. The molecule has 0 spiro atoms. The van der Waals surface area contributed by atoms with Gasteiger partial charge in [-0.2, -0.15) is 0 Å². The highest BCUT2D eigenvalue weighted by atomic mass is 14.1. The Morgan fingerprint density at radius 1 is 0.667 bits per heavy atom. The van der Waals surface area contributed by atoms with Gasteiger partial charge in [-0.1, -0.05) is 71.8 Å². The summed E-state index contributed by atoms with van der Waals surface area (Å²) in [6, 6.07) is 21.9. The van der Waals surface area contributed by atoms with Gasteiger partial charge >= 0.3 is 0 Å². The van der Waals surface area contributed by atoms with Crippen molar-refractivity contribution in [2.45, 2.75) is 13.8 Å². The molecule has 3 aromatic carbocycles. The van der Waals surface area contributed by atoms with Gasteiger partial charge in [-0.25, -0.2) is 0 Å². The van der Waals surface area contributed by atoms with Crippen LogP contribution >= 0.6 is 0 Å². The lowest BCUT2D eigenvalue weighted by molar-refractivity contribution is 1.47. The predicted molar refractivity (Wildman–Crippen MR) is 78.9 cm³/mol. The fraction of sp³-hybridized carbons (Fsp3) is 0.111. The smallest absolute Gasteiger partial charge is 0.0105 e. The Hall–Kier alpha value is -2.08. The van der Waals surface area contributed by atoms with E-state index in [4.69, 9.17) is 0 Å². The van der Waals surface area contributed by atoms with E-state index < -0.39 is 0 Å². The molecule has 0 N–H and O–H groups in total. The fourth-order valence-electron chi connectivity index (χ4n) is 2.47. The maximum absolute atomic E-state index is 2.24. The maximum Gasteiger partial charge on any atom is -0.0105 e. The van der Waals surface area contributed by atoms with Crippen molar-refractivity contribution in [2.75, 3.05) is 0 Å². The average molecular weight is 232 g/mol. The van der Waals surface area contributed by atoms with E-state index in [-0.39, 0.29) is 0 Å². The SMILES string of the molecule is Cc1cccc(-c2cccc3cc(C)ccc23)c1. The first-order valence-corrected chi connectivity index (χ1v) is 6.30. The molecule has 0 nitrogen and oxygen atoms in total. The molecule has 0 aliphatic rings. The summed E-state index contributed by atoms with van der Waals surface area (Å²) in [5.74, 6) is 0. The first-order chi connectivity index (χ1) is 8.74. The molecule has 0 fully saturated rings. The molecule has 0 aromatic heterocycles. The molecule has 0 saturated heterocycles. The van der Waals surface area contributed by atoms with Crippen molar-refractivity contribution in [1.82, 2.24) is 0 Å². The summed E-state index contributed by atoms with van der Waals surface area (Å²) in [5, 5.41) is 2.64. The molecule has 0 unspecified atom stereocenters. The van der Waals surface area contributed by atoms with Crippen LogP contribution in [0.2, 0.25) is 0 Å². The summed E-state index contributed by atoms with van der Waals surface area (Å²) in [5.41, 5.74) is 5.22. The van der Waals surface area contributed by atoms with Gasteiger partial charge in [-0.05, 0) is 35.7 Å². The molecule has 0 saturated carbocycles. The van der Waals surface area contributed by atoms with Crippen LogP contribution in [-0.2, 0) is 0 Å². The van der Waals surface area contributed by atoms with Crippen LogP contribution < -0.4 is 0 Å². The van der Waals surface area contributed by atoms with Gasteiger partial charge in [0.15, 0.2) is 0 Å². The van der Waals surface area contributed by atoms with Crippen molar-refractivity contribution in [2.24, 2.45) is 0 Å². The van der Waals surface area contributed by atoms with E-state index in [0.29, 0.717) is 0 Å². The fourth-order valence-corrected chi connectivity index (χ4v) is 2.47. The second-order valence-electron chi connectivity index (χ2n) is 4.90. The van der Waals surface area contributed by atoms with Gasteiger partial charge in [-0.15, -0.1) is 0 Å². The zero-order chi connectivity index (χ0) is 12.5. The van der Waals surface area contributed by atoms with Crippen molar-refractivity contribution < 1.29 is 0 Å². The third kappa shape index (κ3) is 1.91. The molecule has 0 heterocycles. The topological polar surface area (TPSA) is 0 Å². The van der Waals surface area contributed by atoms with E-state index >= 15 is 0 Å². The number of hydrogen-bond acceptors (Lipinski definition) is 0. The highest BCUT2D eigenvalue weighted by Gasteiger charge is 2.03. The first kappa shape index (κ1) is 11.0. The molecule has 0 amide bonds. The van der Waals surface area contributed by atoms with E-state index in [2.05, 4.69) is 74.5 Å². The summed E-state index contributed by atoms with van der Waals surface area (Å²) >= 11 is 0. The van der Waals surface area contributed by atoms with Crippen LogP contribution in [0.15, 0.2) is 60.7 Å². The molecule has 0 heteroatoms. The van der Waals surface area contributed by atoms with E-state index in [1.54, 1.807) is 0 Å². The third-order valence-electron chi connectivity index (χ3n) is 3.36. The number of hydrogen-bond donors (Lipinski definition) is 0. The van der Waals surface area contributed by atoms with Crippen LogP contribution in [-0.4, -0.2) is 0 Å². The van der Waals surface area contributed by atoms with Gasteiger partial charge in [-0.3, -0.25) is 0 Å². The lowest BCUT2D eigenvalue weighted by Crippen LogP contribution is -1.83. The number of aryl methyl sites for hydroxylation is 2. The van der Waals surface area contributed by atoms with Crippen molar-refractivity contribution >= 4 is 10.8 Å². The molecular weight excluding hydrogens is 216 g/mol. The Labute approximate surface area is 108 Å². The molecule has 3 aromatic rings. The van der Waals surface area contributed by atoms with E-state index in [0.717, 1.165) is 0 Å². The normalized spacial score (nSPS) is 10.8. The first-order valence-electron chi connectivity index (χ1n) is 6.30. The highest BCUT2D eigenvalue weighted by molar-refractivity contribution is 5.97. The molecular formula is C18H16. The largest absolute Gasteiger partial charge is 0.0614 e.